The van der Waals surface area contributed by atoms with E-state index in [0.29, 0.717) is 22.4 Å². The van der Waals surface area contributed by atoms with Crippen molar-refractivity contribution in [2.45, 2.75) is 44.7 Å². The Morgan fingerprint density at radius 1 is 1.03 bits per heavy atom. The van der Waals surface area contributed by atoms with E-state index in [4.69, 9.17) is 23.2 Å². The molecule has 0 aliphatic heterocycles. The van der Waals surface area contributed by atoms with Gasteiger partial charge < -0.3 is 10.2 Å². The van der Waals surface area contributed by atoms with Crippen molar-refractivity contribution < 1.29 is 4.79 Å². The first-order valence-corrected chi connectivity index (χ1v) is 10.7. The molecule has 1 fully saturated rings. The fraction of sp³-hybridized carbons (Fsp3) is 0.304. The molecule has 0 saturated heterocycles. The average molecular weight is 428 g/mol. The number of hydrogen-bond acceptors (Lipinski definition) is 2. The monoisotopic (exact) mass is 427 g/mol. The normalized spacial score (nSPS) is 14.7. The number of amides is 2. The van der Waals surface area contributed by atoms with Gasteiger partial charge in [0.05, 0.1) is 12.1 Å². The lowest BCUT2D eigenvalue weighted by molar-refractivity contribution is 0.163. The average Bonchev–Trinajstić information content (AvgIpc) is 2.72. The molecule has 2 amide bonds. The van der Waals surface area contributed by atoms with Gasteiger partial charge >= 0.3 is 6.03 Å². The second-order valence-corrected chi connectivity index (χ2v) is 8.29. The number of fused-ring (bicyclic) bond motifs is 1. The Labute approximate surface area is 180 Å². The minimum Gasteiger partial charge on any atom is -0.317 e. The van der Waals surface area contributed by atoms with Gasteiger partial charge in [-0.3, -0.25) is 0 Å². The summed E-state index contributed by atoms with van der Waals surface area (Å²) in [7, 11) is 0. The summed E-state index contributed by atoms with van der Waals surface area (Å²) in [5.74, 6) is 0. The topological polar surface area (TPSA) is 45.2 Å². The molecule has 1 saturated carbocycles. The van der Waals surface area contributed by atoms with E-state index >= 15 is 0 Å². The van der Waals surface area contributed by atoms with Gasteiger partial charge in [-0.25, -0.2) is 9.78 Å². The van der Waals surface area contributed by atoms with Crippen molar-refractivity contribution in [2.24, 2.45) is 0 Å². The number of hydrogen-bond donors (Lipinski definition) is 1. The summed E-state index contributed by atoms with van der Waals surface area (Å²) in [5, 5.41) is 5.05. The standard InChI is InChI=1S/C23H23Cl2N3O/c24-18-8-6-9-19(14-18)26-23(29)28(20-10-2-1-3-11-20)15-17-13-16-7-4-5-12-21(16)27-22(17)25/h4-9,12-14,20H,1-3,10-11,15H2,(H,26,29). The highest BCUT2D eigenvalue weighted by molar-refractivity contribution is 6.31. The van der Waals surface area contributed by atoms with Crippen LogP contribution in [-0.2, 0) is 6.54 Å². The number of rotatable bonds is 4. The largest absolute Gasteiger partial charge is 0.322 e. The highest BCUT2D eigenvalue weighted by atomic mass is 35.5. The molecule has 0 atom stereocenters. The highest BCUT2D eigenvalue weighted by Crippen LogP contribution is 2.28. The molecule has 0 spiro atoms. The van der Waals surface area contributed by atoms with Crippen molar-refractivity contribution in [1.29, 1.82) is 0 Å². The Morgan fingerprint density at radius 3 is 2.62 bits per heavy atom. The number of urea groups is 1. The van der Waals surface area contributed by atoms with Crippen LogP contribution < -0.4 is 5.32 Å². The maximum Gasteiger partial charge on any atom is 0.322 e. The fourth-order valence-electron chi connectivity index (χ4n) is 3.95. The van der Waals surface area contributed by atoms with Crippen molar-refractivity contribution >= 4 is 45.8 Å². The second-order valence-electron chi connectivity index (χ2n) is 7.49. The van der Waals surface area contributed by atoms with Gasteiger partial charge in [-0.2, -0.15) is 0 Å². The van der Waals surface area contributed by atoms with Gasteiger partial charge in [-0.05, 0) is 43.2 Å². The molecule has 3 aromatic rings. The van der Waals surface area contributed by atoms with E-state index in [0.717, 1.165) is 42.1 Å². The smallest absolute Gasteiger partial charge is 0.317 e. The zero-order valence-electron chi connectivity index (χ0n) is 16.1. The molecule has 1 aromatic heterocycles. The molecule has 1 N–H and O–H groups in total. The fourth-order valence-corrected chi connectivity index (χ4v) is 4.35. The van der Waals surface area contributed by atoms with Crippen LogP contribution in [0.15, 0.2) is 54.6 Å². The van der Waals surface area contributed by atoms with Crippen LogP contribution in [0.25, 0.3) is 10.9 Å². The lowest BCUT2D eigenvalue weighted by atomic mass is 9.94. The van der Waals surface area contributed by atoms with Crippen LogP contribution in [0.2, 0.25) is 10.2 Å². The zero-order chi connectivity index (χ0) is 20.2. The molecule has 6 heteroatoms. The Morgan fingerprint density at radius 2 is 1.83 bits per heavy atom. The number of carbonyl (C=O) groups excluding carboxylic acids is 1. The summed E-state index contributed by atoms with van der Waals surface area (Å²) >= 11 is 12.6. The molecule has 150 valence electrons. The molecular weight excluding hydrogens is 405 g/mol. The van der Waals surface area contributed by atoms with E-state index in [2.05, 4.69) is 10.3 Å². The van der Waals surface area contributed by atoms with Gasteiger partial charge in [0.1, 0.15) is 5.15 Å². The lowest BCUT2D eigenvalue weighted by Crippen LogP contribution is -2.43. The number of halogens is 2. The SMILES string of the molecule is O=C(Nc1cccc(Cl)c1)N(Cc1cc2ccccc2nc1Cl)C1CCCCC1. The van der Waals surface area contributed by atoms with E-state index in [1.165, 1.54) is 6.42 Å². The van der Waals surface area contributed by atoms with E-state index in [-0.39, 0.29) is 12.1 Å². The van der Waals surface area contributed by atoms with E-state index in [1.54, 1.807) is 12.1 Å². The van der Waals surface area contributed by atoms with Crippen molar-refractivity contribution in [2.75, 3.05) is 5.32 Å². The quantitative estimate of drug-likeness (QED) is 0.459. The van der Waals surface area contributed by atoms with Crippen LogP contribution in [0.4, 0.5) is 10.5 Å². The summed E-state index contributed by atoms with van der Waals surface area (Å²) in [6.07, 6.45) is 5.49. The molecule has 4 nitrogen and oxygen atoms in total. The molecule has 0 unspecified atom stereocenters. The van der Waals surface area contributed by atoms with Gasteiger partial charge in [0.25, 0.3) is 0 Å². The van der Waals surface area contributed by atoms with Gasteiger partial charge in [-0.15, -0.1) is 0 Å². The number of nitrogens with one attached hydrogen (secondary N) is 1. The summed E-state index contributed by atoms with van der Waals surface area (Å²) < 4.78 is 0. The van der Waals surface area contributed by atoms with Crippen LogP contribution in [0.1, 0.15) is 37.7 Å². The first-order valence-electron chi connectivity index (χ1n) is 9.97. The predicted octanol–water partition coefficient (Wildman–Crippen LogP) is 6.91. The number of anilines is 1. The Balaban J connectivity index is 1.62. The van der Waals surface area contributed by atoms with Crippen molar-refractivity contribution in [3.05, 3.63) is 70.3 Å². The van der Waals surface area contributed by atoms with Crippen LogP contribution in [0, 0.1) is 0 Å². The van der Waals surface area contributed by atoms with Gasteiger partial charge in [0.2, 0.25) is 0 Å². The Bertz CT molecular complexity index is 1020. The van der Waals surface area contributed by atoms with E-state index in [1.807, 2.05) is 47.4 Å². The van der Waals surface area contributed by atoms with Crippen molar-refractivity contribution in [3.8, 4) is 0 Å². The number of carbonyl (C=O) groups is 1. The zero-order valence-corrected chi connectivity index (χ0v) is 17.6. The highest BCUT2D eigenvalue weighted by Gasteiger charge is 2.26. The minimum absolute atomic E-state index is 0.136. The van der Waals surface area contributed by atoms with Gasteiger partial charge in [0.15, 0.2) is 0 Å². The van der Waals surface area contributed by atoms with Crippen LogP contribution >= 0.6 is 23.2 Å². The first kappa shape index (κ1) is 20.0. The third kappa shape index (κ3) is 4.82. The number of para-hydroxylation sites is 1. The van der Waals surface area contributed by atoms with Crippen LogP contribution in [-0.4, -0.2) is 22.0 Å². The van der Waals surface area contributed by atoms with E-state index < -0.39 is 0 Å². The Kier molecular flexibility index (Phi) is 6.22. The maximum absolute atomic E-state index is 13.2. The molecule has 1 aliphatic carbocycles. The molecule has 1 aliphatic rings. The van der Waals surface area contributed by atoms with Crippen LogP contribution in [0.3, 0.4) is 0 Å². The molecule has 2 aromatic carbocycles. The summed E-state index contributed by atoms with van der Waals surface area (Å²) in [4.78, 5) is 19.6. The number of pyridine rings is 1. The predicted molar refractivity (Wildman–Crippen MR) is 120 cm³/mol. The second kappa shape index (κ2) is 9.02. The van der Waals surface area contributed by atoms with E-state index in [9.17, 15) is 4.79 Å². The minimum atomic E-state index is -0.136. The summed E-state index contributed by atoms with van der Waals surface area (Å²) in [6.45, 7) is 0.424. The Hall–Kier alpha value is -2.30. The third-order valence-corrected chi connectivity index (χ3v) is 6.01. The van der Waals surface area contributed by atoms with Crippen LogP contribution in [0.5, 0.6) is 0 Å². The number of nitrogens with zero attached hydrogens (tertiary/aromatic N) is 2. The van der Waals surface area contributed by atoms with Crippen molar-refractivity contribution in [1.82, 2.24) is 9.88 Å². The number of aromatic nitrogens is 1. The molecule has 0 radical (unpaired) electrons. The van der Waals surface area contributed by atoms with Gasteiger partial charge in [0, 0.05) is 27.7 Å². The molecule has 0 bridgehead atoms. The van der Waals surface area contributed by atoms with Gasteiger partial charge in [-0.1, -0.05) is 66.7 Å². The summed E-state index contributed by atoms with van der Waals surface area (Å²) in [6, 6.07) is 17.2. The summed E-state index contributed by atoms with van der Waals surface area (Å²) in [5.41, 5.74) is 2.40. The number of benzene rings is 2. The molecular formula is C23H23Cl2N3O. The molecule has 4 rings (SSSR count). The lowest BCUT2D eigenvalue weighted by Gasteiger charge is -2.34. The molecule has 29 heavy (non-hydrogen) atoms. The third-order valence-electron chi connectivity index (χ3n) is 5.44. The van der Waals surface area contributed by atoms with Crippen molar-refractivity contribution in [3.63, 3.8) is 0 Å². The molecule has 1 heterocycles. The first-order chi connectivity index (χ1) is 14.1. The maximum atomic E-state index is 13.2.